The van der Waals surface area contributed by atoms with Crippen LogP contribution in [0.4, 0.5) is 5.69 Å². The van der Waals surface area contributed by atoms with E-state index in [2.05, 4.69) is 5.32 Å². The molecule has 1 aliphatic heterocycles. The van der Waals surface area contributed by atoms with Gasteiger partial charge in [0.1, 0.15) is 12.4 Å². The molecule has 8 nitrogen and oxygen atoms in total. The summed E-state index contributed by atoms with van der Waals surface area (Å²) in [6, 6.07) is 4.83. The highest BCUT2D eigenvalue weighted by molar-refractivity contribution is 5.98. The Hall–Kier alpha value is -2.61. The Bertz CT molecular complexity index is 839. The first-order valence-electron chi connectivity index (χ1n) is 10.8. The van der Waals surface area contributed by atoms with Crippen LogP contribution in [0.2, 0.25) is 0 Å². The molecule has 1 aromatic carbocycles. The van der Waals surface area contributed by atoms with Crippen molar-refractivity contribution in [2.75, 3.05) is 39.2 Å². The Balaban J connectivity index is 1.95. The number of rotatable bonds is 3. The molecular weight excluding hydrogens is 398 g/mol. The predicted molar refractivity (Wildman–Crippen MR) is 117 cm³/mol. The first-order valence-corrected chi connectivity index (χ1v) is 10.8. The third-order valence-corrected chi connectivity index (χ3v) is 5.98. The van der Waals surface area contributed by atoms with Crippen molar-refractivity contribution in [3.8, 4) is 5.75 Å². The summed E-state index contributed by atoms with van der Waals surface area (Å²) in [5.41, 5.74) is 0.961. The molecule has 0 spiro atoms. The number of benzene rings is 1. The number of likely N-dealkylation sites (N-methyl/N-ethyl adjacent to an activating group) is 1. The number of methoxy groups -OCH3 is 1. The van der Waals surface area contributed by atoms with Crippen molar-refractivity contribution in [3.05, 3.63) is 23.8 Å². The Morgan fingerprint density at radius 3 is 2.52 bits per heavy atom. The largest absolute Gasteiger partial charge is 0.491 e. The molecule has 170 valence electrons. The number of carbonyl (C=O) groups excluding carboxylic acids is 3. The van der Waals surface area contributed by atoms with E-state index >= 15 is 0 Å². The van der Waals surface area contributed by atoms with Crippen molar-refractivity contribution < 1.29 is 23.9 Å². The Labute approximate surface area is 183 Å². The third-order valence-electron chi connectivity index (χ3n) is 5.98. The second-order valence-corrected chi connectivity index (χ2v) is 8.75. The van der Waals surface area contributed by atoms with Gasteiger partial charge >= 0.3 is 0 Å². The van der Waals surface area contributed by atoms with Gasteiger partial charge in [-0.1, -0.05) is 6.92 Å². The quantitative estimate of drug-likeness (QED) is 0.794. The van der Waals surface area contributed by atoms with Crippen molar-refractivity contribution in [3.63, 3.8) is 0 Å². The lowest BCUT2D eigenvalue weighted by atomic mass is 10.0. The second kappa shape index (κ2) is 9.68. The molecule has 1 aliphatic carbocycles. The zero-order valence-electron chi connectivity index (χ0n) is 19.0. The van der Waals surface area contributed by atoms with Crippen molar-refractivity contribution in [1.82, 2.24) is 9.80 Å². The van der Waals surface area contributed by atoms with Crippen molar-refractivity contribution in [2.24, 2.45) is 11.8 Å². The predicted octanol–water partition coefficient (Wildman–Crippen LogP) is 2.39. The monoisotopic (exact) mass is 431 g/mol. The minimum Gasteiger partial charge on any atom is -0.491 e. The number of anilines is 1. The molecule has 3 atom stereocenters. The Morgan fingerprint density at radius 1 is 1.19 bits per heavy atom. The van der Waals surface area contributed by atoms with E-state index in [1.54, 1.807) is 37.3 Å². The molecule has 0 unspecified atom stereocenters. The van der Waals surface area contributed by atoms with E-state index in [-0.39, 0.29) is 48.3 Å². The number of fused-ring (bicyclic) bond motifs is 1. The molecule has 0 radical (unpaired) electrons. The minimum absolute atomic E-state index is 0.0476. The first-order chi connectivity index (χ1) is 14.7. The van der Waals surface area contributed by atoms with Crippen molar-refractivity contribution >= 4 is 23.4 Å². The fourth-order valence-corrected chi connectivity index (χ4v) is 3.92. The molecule has 1 aromatic rings. The maximum atomic E-state index is 13.1. The van der Waals surface area contributed by atoms with Gasteiger partial charge < -0.3 is 24.6 Å². The summed E-state index contributed by atoms with van der Waals surface area (Å²) in [4.78, 5) is 41.1. The summed E-state index contributed by atoms with van der Waals surface area (Å²) >= 11 is 0. The minimum atomic E-state index is -0.210. The van der Waals surface area contributed by atoms with Crippen LogP contribution in [0.25, 0.3) is 0 Å². The summed E-state index contributed by atoms with van der Waals surface area (Å²) in [6.45, 7) is 6.62. The average molecular weight is 432 g/mol. The van der Waals surface area contributed by atoms with Crippen LogP contribution in [0, 0.1) is 11.8 Å². The van der Waals surface area contributed by atoms with Gasteiger partial charge in [-0.05, 0) is 31.9 Å². The van der Waals surface area contributed by atoms with E-state index in [9.17, 15) is 14.4 Å². The van der Waals surface area contributed by atoms with E-state index < -0.39 is 0 Å². The number of ether oxygens (including phenoxy) is 2. The number of nitrogens with zero attached hydrogens (tertiary/aromatic N) is 2. The standard InChI is InChI=1S/C23H33N3O5/c1-14-11-26(22(28)17-6-7-17)15(2)13-31-20-10-18(24-16(3)27)8-9-19(20)23(29)25(4)12-21(14)30-5/h8-10,14-15,17,21H,6-7,11-13H2,1-5H3,(H,24,27)/t14-,15-,21-/m0/s1. The zero-order chi connectivity index (χ0) is 22.7. The van der Waals surface area contributed by atoms with Crippen LogP contribution in [0.15, 0.2) is 18.2 Å². The lowest BCUT2D eigenvalue weighted by Crippen LogP contribution is -2.49. The summed E-state index contributed by atoms with van der Waals surface area (Å²) < 4.78 is 11.8. The molecule has 0 aromatic heterocycles. The maximum Gasteiger partial charge on any atom is 0.257 e. The molecule has 1 heterocycles. The first kappa shape index (κ1) is 23.1. The molecule has 31 heavy (non-hydrogen) atoms. The van der Waals surface area contributed by atoms with Crippen LogP contribution >= 0.6 is 0 Å². The maximum absolute atomic E-state index is 13.1. The van der Waals surface area contributed by atoms with Gasteiger partial charge in [0, 0.05) is 57.8 Å². The smallest absolute Gasteiger partial charge is 0.257 e. The highest BCUT2D eigenvalue weighted by Crippen LogP contribution is 2.33. The molecule has 2 aliphatic rings. The van der Waals surface area contributed by atoms with Gasteiger partial charge in [-0.15, -0.1) is 0 Å². The number of nitrogens with one attached hydrogen (secondary N) is 1. The van der Waals surface area contributed by atoms with Crippen LogP contribution in [-0.2, 0) is 14.3 Å². The molecule has 1 fully saturated rings. The van der Waals surface area contributed by atoms with E-state index in [1.165, 1.54) is 6.92 Å². The highest BCUT2D eigenvalue weighted by Gasteiger charge is 2.37. The molecule has 3 amide bonds. The van der Waals surface area contributed by atoms with E-state index in [4.69, 9.17) is 9.47 Å². The van der Waals surface area contributed by atoms with Crippen LogP contribution in [0.3, 0.4) is 0 Å². The van der Waals surface area contributed by atoms with Gasteiger partial charge in [-0.3, -0.25) is 14.4 Å². The van der Waals surface area contributed by atoms with Gasteiger partial charge in [0.05, 0.1) is 17.7 Å². The van der Waals surface area contributed by atoms with E-state index in [0.29, 0.717) is 30.1 Å². The van der Waals surface area contributed by atoms with Crippen LogP contribution in [0.1, 0.15) is 44.0 Å². The lowest BCUT2D eigenvalue weighted by Gasteiger charge is -2.36. The van der Waals surface area contributed by atoms with Gasteiger partial charge in [0.2, 0.25) is 11.8 Å². The Morgan fingerprint density at radius 2 is 1.90 bits per heavy atom. The summed E-state index contributed by atoms with van der Waals surface area (Å²) in [5.74, 6) is 0.307. The fourth-order valence-electron chi connectivity index (χ4n) is 3.92. The summed E-state index contributed by atoms with van der Waals surface area (Å²) in [6.07, 6.45) is 1.66. The molecule has 0 saturated heterocycles. The van der Waals surface area contributed by atoms with Crippen LogP contribution < -0.4 is 10.1 Å². The summed E-state index contributed by atoms with van der Waals surface area (Å²) in [5, 5.41) is 2.72. The average Bonchev–Trinajstić information content (AvgIpc) is 3.57. The van der Waals surface area contributed by atoms with Gasteiger partial charge in [-0.25, -0.2) is 0 Å². The lowest BCUT2D eigenvalue weighted by molar-refractivity contribution is -0.136. The number of carbonyl (C=O) groups is 3. The van der Waals surface area contributed by atoms with E-state index in [0.717, 1.165) is 12.8 Å². The molecular formula is C23H33N3O5. The topological polar surface area (TPSA) is 88.2 Å². The number of hydrogen-bond acceptors (Lipinski definition) is 5. The number of hydrogen-bond donors (Lipinski definition) is 1. The van der Waals surface area contributed by atoms with Gasteiger partial charge in [0.25, 0.3) is 5.91 Å². The molecule has 1 N–H and O–H groups in total. The van der Waals surface area contributed by atoms with Crippen molar-refractivity contribution in [2.45, 2.75) is 45.8 Å². The fraction of sp³-hybridized carbons (Fsp3) is 0.609. The molecule has 8 heteroatoms. The van der Waals surface area contributed by atoms with Gasteiger partial charge in [0.15, 0.2) is 0 Å². The normalized spacial score (nSPS) is 25.1. The third kappa shape index (κ3) is 5.55. The molecule has 0 bridgehead atoms. The highest BCUT2D eigenvalue weighted by atomic mass is 16.5. The summed E-state index contributed by atoms with van der Waals surface area (Å²) in [7, 11) is 3.37. The van der Waals surface area contributed by atoms with Crippen molar-refractivity contribution in [1.29, 1.82) is 0 Å². The van der Waals surface area contributed by atoms with Crippen LogP contribution in [-0.4, -0.2) is 73.5 Å². The zero-order valence-corrected chi connectivity index (χ0v) is 19.0. The molecule has 3 rings (SSSR count). The van der Waals surface area contributed by atoms with Gasteiger partial charge in [-0.2, -0.15) is 0 Å². The number of amides is 3. The molecule has 1 saturated carbocycles. The second-order valence-electron chi connectivity index (χ2n) is 8.75. The van der Waals surface area contributed by atoms with E-state index in [1.807, 2.05) is 18.7 Å². The SMILES string of the molecule is CO[C@H]1CN(C)C(=O)c2ccc(NC(C)=O)cc2OC[C@H](C)N(C(=O)C2CC2)C[C@@H]1C. The van der Waals surface area contributed by atoms with Crippen LogP contribution in [0.5, 0.6) is 5.75 Å². The Kier molecular flexibility index (Phi) is 7.20.